The largest absolute Gasteiger partial charge is 0.490 e. The number of likely N-dealkylation sites (N-methyl/N-ethyl adjacent to an activating group) is 1. The molecular weight excluding hydrogens is 364 g/mol. The van der Waals surface area contributed by atoms with Gasteiger partial charge in [0.25, 0.3) is 0 Å². The maximum Gasteiger partial charge on any atom is 0.319 e. The summed E-state index contributed by atoms with van der Waals surface area (Å²) in [4.78, 5) is 16.7. The normalized spacial score (nSPS) is 14.7. The molecule has 2 amide bonds. The molecule has 7 heteroatoms. The van der Waals surface area contributed by atoms with Crippen LogP contribution in [0.2, 0.25) is 5.02 Å². The lowest BCUT2D eigenvalue weighted by atomic mass is 10.2. The highest BCUT2D eigenvalue weighted by atomic mass is 35.5. The van der Waals surface area contributed by atoms with E-state index in [1.54, 1.807) is 12.1 Å². The summed E-state index contributed by atoms with van der Waals surface area (Å²) in [6.07, 6.45) is 0. The van der Waals surface area contributed by atoms with Crippen LogP contribution in [-0.2, 0) is 0 Å². The van der Waals surface area contributed by atoms with E-state index in [1.165, 1.54) is 5.69 Å². The van der Waals surface area contributed by atoms with E-state index in [0.29, 0.717) is 23.9 Å². The van der Waals surface area contributed by atoms with Gasteiger partial charge in [-0.2, -0.15) is 0 Å². The number of halogens is 1. The van der Waals surface area contributed by atoms with Gasteiger partial charge in [-0.3, -0.25) is 0 Å². The van der Waals surface area contributed by atoms with Crippen molar-refractivity contribution in [3.05, 3.63) is 53.6 Å². The van der Waals surface area contributed by atoms with E-state index in [9.17, 15) is 4.79 Å². The van der Waals surface area contributed by atoms with Gasteiger partial charge in [0.05, 0.1) is 11.6 Å². The van der Waals surface area contributed by atoms with E-state index in [-0.39, 0.29) is 6.03 Å². The highest BCUT2D eigenvalue weighted by molar-refractivity contribution is 6.32. The number of urea groups is 1. The van der Waals surface area contributed by atoms with Gasteiger partial charge in [0.2, 0.25) is 0 Å². The molecule has 0 aliphatic carbocycles. The van der Waals surface area contributed by atoms with Crippen molar-refractivity contribution in [3.8, 4) is 5.75 Å². The minimum absolute atomic E-state index is 0.259. The van der Waals surface area contributed by atoms with E-state index in [2.05, 4.69) is 27.5 Å². The smallest absolute Gasteiger partial charge is 0.319 e. The summed E-state index contributed by atoms with van der Waals surface area (Å²) in [5.41, 5.74) is 1.94. The van der Waals surface area contributed by atoms with Crippen LogP contribution in [0.15, 0.2) is 48.5 Å². The number of nitrogens with zero attached hydrogens (tertiary/aromatic N) is 2. The lowest BCUT2D eigenvalue weighted by Crippen LogP contribution is -2.44. The van der Waals surface area contributed by atoms with Crippen LogP contribution in [-0.4, -0.2) is 57.3 Å². The van der Waals surface area contributed by atoms with Gasteiger partial charge in [0.15, 0.2) is 0 Å². The molecule has 1 aliphatic rings. The second-order valence-electron chi connectivity index (χ2n) is 6.50. The van der Waals surface area contributed by atoms with E-state index >= 15 is 0 Å². The van der Waals surface area contributed by atoms with Crippen LogP contribution in [0.5, 0.6) is 5.75 Å². The van der Waals surface area contributed by atoms with Crippen LogP contribution in [0.1, 0.15) is 0 Å². The first-order chi connectivity index (χ1) is 13.1. The molecule has 0 radical (unpaired) electrons. The Bertz CT molecular complexity index is 746. The standard InChI is InChI=1S/C20H25ClN4O2/c1-24-11-13-25(14-12-24)17-8-6-16(7-9-17)23-20(26)22-10-15-27-19-5-3-2-4-18(19)21/h2-9H,10-15H2,1H3,(H2,22,23,26). The topological polar surface area (TPSA) is 56.8 Å². The first-order valence-electron chi connectivity index (χ1n) is 9.07. The van der Waals surface area contributed by atoms with E-state index in [4.69, 9.17) is 16.3 Å². The van der Waals surface area contributed by atoms with Crippen molar-refractivity contribution >= 4 is 29.0 Å². The fraction of sp³-hybridized carbons (Fsp3) is 0.350. The molecule has 1 heterocycles. The maximum absolute atomic E-state index is 12.0. The fourth-order valence-electron chi connectivity index (χ4n) is 2.88. The third kappa shape index (κ3) is 5.77. The van der Waals surface area contributed by atoms with Crippen LogP contribution in [0, 0.1) is 0 Å². The van der Waals surface area contributed by atoms with Crippen molar-refractivity contribution in [1.82, 2.24) is 10.2 Å². The molecular formula is C20H25ClN4O2. The molecule has 0 bridgehead atoms. The van der Waals surface area contributed by atoms with Gasteiger partial charge in [0, 0.05) is 37.6 Å². The Labute approximate surface area is 165 Å². The number of nitrogens with one attached hydrogen (secondary N) is 2. The number of piperazine rings is 1. The number of para-hydroxylation sites is 1. The molecule has 144 valence electrons. The summed E-state index contributed by atoms with van der Waals surface area (Å²) >= 11 is 6.02. The Morgan fingerprint density at radius 1 is 1.07 bits per heavy atom. The van der Waals surface area contributed by atoms with Gasteiger partial charge in [-0.05, 0) is 43.4 Å². The molecule has 2 aromatic carbocycles. The average Bonchev–Trinajstić information content (AvgIpc) is 2.68. The summed E-state index contributed by atoms with van der Waals surface area (Å²) in [6.45, 7) is 4.91. The third-order valence-corrected chi connectivity index (χ3v) is 4.79. The predicted octanol–water partition coefficient (Wildman–Crippen LogP) is 3.29. The zero-order chi connectivity index (χ0) is 19.1. The summed E-state index contributed by atoms with van der Waals surface area (Å²) in [6, 6.07) is 14.9. The van der Waals surface area contributed by atoms with Crippen LogP contribution in [0.25, 0.3) is 0 Å². The van der Waals surface area contributed by atoms with Gasteiger partial charge in [0.1, 0.15) is 12.4 Å². The average molecular weight is 389 g/mol. The van der Waals surface area contributed by atoms with Gasteiger partial charge < -0.3 is 25.2 Å². The van der Waals surface area contributed by atoms with E-state index in [0.717, 1.165) is 31.9 Å². The Kier molecular flexibility index (Phi) is 6.79. The molecule has 1 fully saturated rings. The van der Waals surface area contributed by atoms with Crippen LogP contribution >= 0.6 is 11.6 Å². The monoisotopic (exact) mass is 388 g/mol. The van der Waals surface area contributed by atoms with Gasteiger partial charge >= 0.3 is 6.03 Å². The van der Waals surface area contributed by atoms with Crippen molar-refractivity contribution in [1.29, 1.82) is 0 Å². The molecule has 2 aromatic rings. The second kappa shape index (κ2) is 9.48. The molecule has 6 nitrogen and oxygen atoms in total. The van der Waals surface area contributed by atoms with Crippen molar-refractivity contribution in [2.45, 2.75) is 0 Å². The third-order valence-electron chi connectivity index (χ3n) is 4.48. The maximum atomic E-state index is 12.0. The highest BCUT2D eigenvalue weighted by Gasteiger charge is 2.14. The molecule has 0 spiro atoms. The fourth-order valence-corrected chi connectivity index (χ4v) is 3.07. The number of carbonyl (C=O) groups excluding carboxylic acids is 1. The highest BCUT2D eigenvalue weighted by Crippen LogP contribution is 2.22. The minimum Gasteiger partial charge on any atom is -0.490 e. The van der Waals surface area contributed by atoms with Crippen molar-refractivity contribution < 1.29 is 9.53 Å². The molecule has 0 saturated carbocycles. The molecule has 1 aliphatic heterocycles. The zero-order valence-corrected chi connectivity index (χ0v) is 16.2. The van der Waals surface area contributed by atoms with Crippen LogP contribution in [0.4, 0.5) is 16.2 Å². The predicted molar refractivity (Wildman–Crippen MR) is 110 cm³/mol. The molecule has 0 aromatic heterocycles. The first-order valence-corrected chi connectivity index (χ1v) is 9.45. The Morgan fingerprint density at radius 2 is 1.78 bits per heavy atom. The number of anilines is 2. The van der Waals surface area contributed by atoms with Gasteiger partial charge in [-0.15, -0.1) is 0 Å². The summed E-state index contributed by atoms with van der Waals surface area (Å²) in [5, 5.41) is 6.16. The van der Waals surface area contributed by atoms with Gasteiger partial charge in [-0.1, -0.05) is 23.7 Å². The molecule has 3 rings (SSSR count). The molecule has 2 N–H and O–H groups in total. The second-order valence-corrected chi connectivity index (χ2v) is 6.90. The number of hydrogen-bond acceptors (Lipinski definition) is 4. The summed E-state index contributed by atoms with van der Waals surface area (Å²) in [5.74, 6) is 0.612. The minimum atomic E-state index is -0.259. The lowest BCUT2D eigenvalue weighted by molar-refractivity contribution is 0.247. The molecule has 0 atom stereocenters. The SMILES string of the molecule is CN1CCN(c2ccc(NC(=O)NCCOc3ccccc3Cl)cc2)CC1. The van der Waals surface area contributed by atoms with Crippen molar-refractivity contribution in [3.63, 3.8) is 0 Å². The van der Waals surface area contributed by atoms with E-state index < -0.39 is 0 Å². The van der Waals surface area contributed by atoms with Crippen LogP contribution < -0.4 is 20.3 Å². The summed E-state index contributed by atoms with van der Waals surface area (Å²) in [7, 11) is 2.14. The Balaban J connectivity index is 1.39. The van der Waals surface area contributed by atoms with Crippen molar-refractivity contribution in [2.24, 2.45) is 0 Å². The quantitative estimate of drug-likeness (QED) is 0.745. The van der Waals surface area contributed by atoms with E-state index in [1.807, 2.05) is 36.4 Å². The zero-order valence-electron chi connectivity index (χ0n) is 15.5. The molecule has 0 unspecified atom stereocenters. The number of amides is 2. The molecule has 1 saturated heterocycles. The van der Waals surface area contributed by atoms with Crippen molar-refractivity contribution in [2.75, 3.05) is 56.6 Å². The number of carbonyl (C=O) groups is 1. The number of ether oxygens (including phenoxy) is 1. The lowest BCUT2D eigenvalue weighted by Gasteiger charge is -2.34. The van der Waals surface area contributed by atoms with Crippen LogP contribution in [0.3, 0.4) is 0 Å². The van der Waals surface area contributed by atoms with Gasteiger partial charge in [-0.25, -0.2) is 4.79 Å². The Hall–Kier alpha value is -2.44. The number of benzene rings is 2. The number of rotatable bonds is 6. The first kappa shape index (κ1) is 19.3. The number of hydrogen-bond donors (Lipinski definition) is 2. The Morgan fingerprint density at radius 3 is 2.48 bits per heavy atom. The molecule has 27 heavy (non-hydrogen) atoms. The summed E-state index contributed by atoms with van der Waals surface area (Å²) < 4.78 is 5.54.